The van der Waals surface area contributed by atoms with Gasteiger partial charge in [0.1, 0.15) is 0 Å². The van der Waals surface area contributed by atoms with Gasteiger partial charge in [-0.15, -0.1) is 0 Å². The fourth-order valence-electron chi connectivity index (χ4n) is 4.26. The summed E-state index contributed by atoms with van der Waals surface area (Å²) in [4.78, 5) is 0. The lowest BCUT2D eigenvalue weighted by Crippen LogP contribution is -2.36. The summed E-state index contributed by atoms with van der Waals surface area (Å²) in [5.41, 5.74) is 0. The SMILES string of the molecule is C1COCCOC2CCCCC2OCCOCCOC2CCCCC2OC1. The van der Waals surface area contributed by atoms with Gasteiger partial charge in [0.15, 0.2) is 0 Å². The molecule has 0 radical (unpaired) electrons. The Hall–Kier alpha value is -0.240. The standard InChI is InChI=1S/C21H38O6/c1-2-7-19-18(6-1)24-11-5-10-22-12-15-25-20-8-3-4-9-21(20)27-17-14-23-13-16-26-19/h18-21H,1-17H2. The topological polar surface area (TPSA) is 55.4 Å². The van der Waals surface area contributed by atoms with E-state index in [0.717, 1.165) is 45.3 Å². The molecular weight excluding hydrogens is 348 g/mol. The van der Waals surface area contributed by atoms with Gasteiger partial charge in [-0.1, -0.05) is 25.7 Å². The average Bonchev–Trinajstić information content (AvgIpc) is 2.70. The first-order chi connectivity index (χ1) is 13.4. The van der Waals surface area contributed by atoms with Crippen LogP contribution >= 0.6 is 0 Å². The predicted octanol–water partition coefficient (Wildman–Crippen LogP) is 3.11. The molecule has 1 heterocycles. The number of rotatable bonds is 0. The lowest BCUT2D eigenvalue weighted by molar-refractivity contribution is -0.114. The van der Waals surface area contributed by atoms with Gasteiger partial charge in [0.25, 0.3) is 0 Å². The molecule has 4 unspecified atom stereocenters. The maximum atomic E-state index is 6.09. The minimum atomic E-state index is 0.192. The molecule has 6 nitrogen and oxygen atoms in total. The van der Waals surface area contributed by atoms with E-state index in [4.69, 9.17) is 28.4 Å². The Bertz CT molecular complexity index is 346. The zero-order valence-corrected chi connectivity index (χ0v) is 16.8. The Morgan fingerprint density at radius 1 is 0.333 bits per heavy atom. The first-order valence-electron chi connectivity index (χ1n) is 11.1. The van der Waals surface area contributed by atoms with Crippen LogP contribution in [0.4, 0.5) is 0 Å². The van der Waals surface area contributed by atoms with E-state index in [2.05, 4.69) is 0 Å². The molecule has 2 saturated carbocycles. The van der Waals surface area contributed by atoms with Crippen molar-refractivity contribution >= 4 is 0 Å². The van der Waals surface area contributed by atoms with Gasteiger partial charge in [-0.3, -0.25) is 0 Å². The first-order valence-corrected chi connectivity index (χ1v) is 11.1. The summed E-state index contributed by atoms with van der Waals surface area (Å²) in [6, 6.07) is 0. The van der Waals surface area contributed by atoms with E-state index >= 15 is 0 Å². The van der Waals surface area contributed by atoms with Gasteiger partial charge in [-0.25, -0.2) is 0 Å². The van der Waals surface area contributed by atoms with Crippen molar-refractivity contribution in [2.75, 3.05) is 52.9 Å². The summed E-state index contributed by atoms with van der Waals surface area (Å²) < 4.78 is 35.7. The number of fused-ring (bicyclic) bond motifs is 2. The molecule has 0 aromatic carbocycles. The molecule has 0 N–H and O–H groups in total. The quantitative estimate of drug-likeness (QED) is 0.638. The lowest BCUT2D eigenvalue weighted by Gasteiger charge is -2.31. The zero-order valence-electron chi connectivity index (χ0n) is 16.8. The molecule has 0 spiro atoms. The maximum Gasteiger partial charge on any atom is 0.0837 e. The van der Waals surface area contributed by atoms with Gasteiger partial charge in [0.05, 0.1) is 64.1 Å². The summed E-state index contributed by atoms with van der Waals surface area (Å²) in [7, 11) is 0. The van der Waals surface area contributed by atoms with Crippen LogP contribution in [0.3, 0.4) is 0 Å². The van der Waals surface area contributed by atoms with Gasteiger partial charge in [-0.2, -0.15) is 0 Å². The molecule has 3 aliphatic rings. The van der Waals surface area contributed by atoms with Crippen molar-refractivity contribution in [2.45, 2.75) is 82.2 Å². The van der Waals surface area contributed by atoms with Crippen LogP contribution in [0.25, 0.3) is 0 Å². The summed E-state index contributed by atoms with van der Waals surface area (Å²) >= 11 is 0. The Morgan fingerprint density at radius 2 is 0.704 bits per heavy atom. The summed E-state index contributed by atoms with van der Waals surface area (Å²) in [6.45, 7) is 5.21. The van der Waals surface area contributed by atoms with Gasteiger partial charge >= 0.3 is 0 Å². The highest BCUT2D eigenvalue weighted by Gasteiger charge is 2.27. The maximum absolute atomic E-state index is 6.09. The van der Waals surface area contributed by atoms with Gasteiger partial charge in [0.2, 0.25) is 0 Å². The van der Waals surface area contributed by atoms with E-state index in [1.54, 1.807) is 0 Å². The third kappa shape index (κ3) is 7.95. The lowest BCUT2D eigenvalue weighted by atomic mass is 9.94. The van der Waals surface area contributed by atoms with Crippen molar-refractivity contribution in [3.05, 3.63) is 0 Å². The Labute approximate surface area is 164 Å². The summed E-state index contributed by atoms with van der Waals surface area (Å²) in [5.74, 6) is 0. The smallest absolute Gasteiger partial charge is 0.0837 e. The van der Waals surface area contributed by atoms with Crippen LogP contribution in [-0.4, -0.2) is 77.3 Å². The monoisotopic (exact) mass is 386 g/mol. The van der Waals surface area contributed by atoms with Crippen molar-refractivity contribution < 1.29 is 28.4 Å². The Kier molecular flexibility index (Phi) is 10.4. The molecule has 3 rings (SSSR count). The van der Waals surface area contributed by atoms with E-state index in [9.17, 15) is 0 Å². The van der Waals surface area contributed by atoms with E-state index in [1.165, 1.54) is 25.7 Å². The van der Waals surface area contributed by atoms with E-state index in [1.807, 2.05) is 0 Å². The van der Waals surface area contributed by atoms with Crippen molar-refractivity contribution in [1.82, 2.24) is 0 Å². The second-order valence-corrected chi connectivity index (χ2v) is 7.78. The highest BCUT2D eigenvalue weighted by molar-refractivity contribution is 4.77. The molecule has 158 valence electrons. The second kappa shape index (κ2) is 13.1. The zero-order chi connectivity index (χ0) is 18.6. The van der Waals surface area contributed by atoms with Crippen LogP contribution in [-0.2, 0) is 28.4 Å². The van der Waals surface area contributed by atoms with Crippen molar-refractivity contribution in [3.63, 3.8) is 0 Å². The summed E-state index contributed by atoms with van der Waals surface area (Å²) in [6.07, 6.45) is 11.0. The highest BCUT2D eigenvalue weighted by atomic mass is 16.6. The molecule has 2 aliphatic carbocycles. The van der Waals surface area contributed by atoms with Crippen molar-refractivity contribution in [3.8, 4) is 0 Å². The van der Waals surface area contributed by atoms with Crippen LogP contribution in [0.1, 0.15) is 57.8 Å². The van der Waals surface area contributed by atoms with Crippen LogP contribution in [0.15, 0.2) is 0 Å². The number of hydrogen-bond donors (Lipinski definition) is 0. The number of ether oxygens (including phenoxy) is 6. The fraction of sp³-hybridized carbons (Fsp3) is 1.00. The van der Waals surface area contributed by atoms with Gasteiger partial charge in [-0.05, 0) is 32.1 Å². The van der Waals surface area contributed by atoms with Gasteiger partial charge in [0, 0.05) is 13.2 Å². The Morgan fingerprint density at radius 3 is 1.15 bits per heavy atom. The molecule has 0 amide bonds. The van der Waals surface area contributed by atoms with Crippen LogP contribution in [0, 0.1) is 0 Å². The number of hydrogen-bond acceptors (Lipinski definition) is 6. The first kappa shape index (κ1) is 21.5. The third-order valence-corrected chi connectivity index (χ3v) is 5.73. The minimum absolute atomic E-state index is 0.192. The third-order valence-electron chi connectivity index (χ3n) is 5.73. The molecular formula is C21H38O6. The fourth-order valence-corrected chi connectivity index (χ4v) is 4.26. The van der Waals surface area contributed by atoms with Gasteiger partial charge < -0.3 is 28.4 Å². The van der Waals surface area contributed by atoms with Crippen LogP contribution in [0.5, 0.6) is 0 Å². The highest BCUT2D eigenvalue weighted by Crippen LogP contribution is 2.25. The molecule has 0 aromatic heterocycles. The molecule has 3 fully saturated rings. The van der Waals surface area contributed by atoms with Crippen molar-refractivity contribution in [1.29, 1.82) is 0 Å². The normalized spacial score (nSPS) is 36.4. The largest absolute Gasteiger partial charge is 0.379 e. The molecule has 1 aliphatic heterocycles. The molecule has 0 aromatic rings. The predicted molar refractivity (Wildman–Crippen MR) is 102 cm³/mol. The van der Waals surface area contributed by atoms with E-state index in [0.29, 0.717) is 39.6 Å². The minimum Gasteiger partial charge on any atom is -0.379 e. The molecule has 6 heteroatoms. The van der Waals surface area contributed by atoms with Crippen LogP contribution in [0.2, 0.25) is 0 Å². The average molecular weight is 387 g/mol. The molecule has 27 heavy (non-hydrogen) atoms. The van der Waals surface area contributed by atoms with Crippen molar-refractivity contribution in [2.24, 2.45) is 0 Å². The molecule has 0 bridgehead atoms. The van der Waals surface area contributed by atoms with E-state index < -0.39 is 0 Å². The second-order valence-electron chi connectivity index (χ2n) is 7.78. The Balaban J connectivity index is 1.43. The van der Waals surface area contributed by atoms with E-state index in [-0.39, 0.29) is 24.4 Å². The molecule has 4 atom stereocenters. The summed E-state index contributed by atoms with van der Waals surface area (Å²) in [5, 5.41) is 0. The van der Waals surface area contributed by atoms with Crippen LogP contribution < -0.4 is 0 Å². The molecule has 1 saturated heterocycles.